The maximum atomic E-state index is 11.9. The number of hydrogen-bond acceptors (Lipinski definition) is 3. The van der Waals surface area contributed by atoms with E-state index < -0.39 is 0 Å². The lowest BCUT2D eigenvalue weighted by atomic mass is 10.3. The first-order valence-electron chi connectivity index (χ1n) is 6.59. The van der Waals surface area contributed by atoms with Gasteiger partial charge in [0, 0.05) is 25.4 Å². The van der Waals surface area contributed by atoms with Crippen molar-refractivity contribution in [3.63, 3.8) is 0 Å². The Labute approximate surface area is 107 Å². The van der Waals surface area contributed by atoms with Crippen LogP contribution in [0.5, 0.6) is 0 Å². The van der Waals surface area contributed by atoms with Crippen LogP contribution in [0.3, 0.4) is 0 Å². The van der Waals surface area contributed by atoms with Gasteiger partial charge in [-0.25, -0.2) is 4.79 Å². The summed E-state index contributed by atoms with van der Waals surface area (Å²) in [7, 11) is 1.53. The van der Waals surface area contributed by atoms with Crippen LogP contribution in [0.2, 0.25) is 0 Å². The van der Waals surface area contributed by atoms with Crippen molar-refractivity contribution < 1.29 is 0 Å². The van der Waals surface area contributed by atoms with E-state index in [1.165, 1.54) is 43.6 Å². The minimum Gasteiger partial charge on any atom is -0.303 e. The van der Waals surface area contributed by atoms with Crippen molar-refractivity contribution in [2.24, 2.45) is 7.05 Å². The summed E-state index contributed by atoms with van der Waals surface area (Å²) in [5, 5.41) is 0. The molecular weight excluding hydrogens is 230 g/mol. The lowest BCUT2D eigenvalue weighted by Gasteiger charge is -2.16. The van der Waals surface area contributed by atoms with Gasteiger partial charge in [0.2, 0.25) is 0 Å². The highest BCUT2D eigenvalue weighted by Crippen LogP contribution is 2.07. The molecule has 2 rings (SSSR count). The Kier molecular flexibility index (Phi) is 4.01. The van der Waals surface area contributed by atoms with E-state index in [1.54, 1.807) is 4.57 Å². The summed E-state index contributed by atoms with van der Waals surface area (Å²) >= 11 is 0. The zero-order chi connectivity index (χ0) is 13.1. The Hall–Kier alpha value is -1.36. The van der Waals surface area contributed by atoms with Crippen molar-refractivity contribution in [2.45, 2.75) is 32.7 Å². The monoisotopic (exact) mass is 251 g/mol. The van der Waals surface area contributed by atoms with Crippen LogP contribution >= 0.6 is 0 Å². The molecule has 0 unspecified atom stereocenters. The van der Waals surface area contributed by atoms with Gasteiger partial charge in [-0.3, -0.25) is 13.9 Å². The predicted octanol–water partition coefficient (Wildman–Crippen LogP) is 0.341. The van der Waals surface area contributed by atoms with Gasteiger partial charge in [0.25, 0.3) is 5.56 Å². The molecule has 0 radical (unpaired) electrons. The fourth-order valence-electron chi connectivity index (χ4n) is 2.51. The minimum atomic E-state index is -0.228. The van der Waals surface area contributed by atoms with E-state index in [0.29, 0.717) is 6.54 Å². The highest BCUT2D eigenvalue weighted by atomic mass is 16.2. The highest BCUT2D eigenvalue weighted by molar-refractivity contribution is 4.99. The van der Waals surface area contributed by atoms with Crippen molar-refractivity contribution in [2.75, 3.05) is 19.6 Å². The van der Waals surface area contributed by atoms with Crippen LogP contribution in [0.4, 0.5) is 0 Å². The molecule has 100 valence electrons. The average Bonchev–Trinajstić information content (AvgIpc) is 2.84. The normalized spacial score (nSPS) is 16.3. The van der Waals surface area contributed by atoms with Crippen molar-refractivity contribution in [1.29, 1.82) is 0 Å². The largest absolute Gasteiger partial charge is 0.330 e. The Morgan fingerprint density at radius 1 is 1.17 bits per heavy atom. The second-order valence-electron chi connectivity index (χ2n) is 5.02. The molecule has 5 heteroatoms. The second kappa shape index (κ2) is 5.52. The summed E-state index contributed by atoms with van der Waals surface area (Å²) in [4.78, 5) is 25.8. The first kappa shape index (κ1) is 13.1. The molecule has 1 aromatic heterocycles. The number of hydrogen-bond donors (Lipinski definition) is 0. The molecule has 0 amide bonds. The number of likely N-dealkylation sites (tertiary alicyclic amines) is 1. The van der Waals surface area contributed by atoms with E-state index in [4.69, 9.17) is 0 Å². The zero-order valence-corrected chi connectivity index (χ0v) is 11.2. The Bertz CT molecular complexity index is 524. The van der Waals surface area contributed by atoms with Gasteiger partial charge in [-0.1, -0.05) is 0 Å². The molecule has 0 aromatic carbocycles. The second-order valence-corrected chi connectivity index (χ2v) is 5.02. The van der Waals surface area contributed by atoms with Gasteiger partial charge >= 0.3 is 5.69 Å². The SMILES string of the molecule is Cc1cc(=O)n(C)c(=O)n1CCCN1CCCC1. The summed E-state index contributed by atoms with van der Waals surface area (Å²) in [6.07, 6.45) is 3.54. The van der Waals surface area contributed by atoms with Crippen LogP contribution in [0.1, 0.15) is 25.0 Å². The van der Waals surface area contributed by atoms with Gasteiger partial charge in [0.1, 0.15) is 0 Å². The molecule has 0 saturated carbocycles. The fourth-order valence-corrected chi connectivity index (χ4v) is 2.51. The molecule has 1 aromatic rings. The topological polar surface area (TPSA) is 47.2 Å². The van der Waals surface area contributed by atoms with Crippen molar-refractivity contribution in [3.05, 3.63) is 32.6 Å². The third-order valence-electron chi connectivity index (χ3n) is 3.66. The van der Waals surface area contributed by atoms with E-state index in [0.717, 1.165) is 18.7 Å². The highest BCUT2D eigenvalue weighted by Gasteiger charge is 2.11. The summed E-state index contributed by atoms with van der Waals surface area (Å²) < 4.78 is 2.86. The predicted molar refractivity (Wildman–Crippen MR) is 71.0 cm³/mol. The van der Waals surface area contributed by atoms with Crippen molar-refractivity contribution >= 4 is 0 Å². The first-order chi connectivity index (χ1) is 8.59. The van der Waals surface area contributed by atoms with Crippen molar-refractivity contribution in [3.8, 4) is 0 Å². The number of aromatic nitrogens is 2. The van der Waals surface area contributed by atoms with Crippen LogP contribution in [0.15, 0.2) is 15.7 Å². The molecule has 0 bridgehead atoms. The average molecular weight is 251 g/mol. The molecule has 5 nitrogen and oxygen atoms in total. The fraction of sp³-hybridized carbons (Fsp3) is 0.692. The molecule has 1 aliphatic heterocycles. The van der Waals surface area contributed by atoms with Gasteiger partial charge in [0.05, 0.1) is 0 Å². The quantitative estimate of drug-likeness (QED) is 0.775. The molecular formula is C13H21N3O2. The van der Waals surface area contributed by atoms with Crippen LogP contribution < -0.4 is 11.2 Å². The summed E-state index contributed by atoms with van der Waals surface area (Å²) in [5.41, 5.74) is 0.319. The summed E-state index contributed by atoms with van der Waals surface area (Å²) in [6.45, 7) is 5.91. The van der Waals surface area contributed by atoms with Gasteiger partial charge < -0.3 is 4.90 Å². The van der Waals surface area contributed by atoms with Gasteiger partial charge in [0.15, 0.2) is 0 Å². The van der Waals surface area contributed by atoms with E-state index in [-0.39, 0.29) is 11.2 Å². The van der Waals surface area contributed by atoms with Crippen LogP contribution in [0.25, 0.3) is 0 Å². The van der Waals surface area contributed by atoms with Crippen molar-refractivity contribution in [1.82, 2.24) is 14.0 Å². The van der Waals surface area contributed by atoms with Crippen LogP contribution in [0, 0.1) is 6.92 Å². The molecule has 0 atom stereocenters. The third-order valence-corrected chi connectivity index (χ3v) is 3.66. The molecule has 1 saturated heterocycles. The third kappa shape index (κ3) is 2.72. The molecule has 0 aliphatic carbocycles. The Balaban J connectivity index is 2.03. The van der Waals surface area contributed by atoms with Gasteiger partial charge in [-0.05, 0) is 45.8 Å². The Morgan fingerprint density at radius 2 is 1.83 bits per heavy atom. The van der Waals surface area contributed by atoms with Crippen LogP contribution in [-0.2, 0) is 13.6 Å². The number of aryl methyl sites for hydroxylation is 1. The maximum Gasteiger partial charge on any atom is 0.330 e. The first-order valence-corrected chi connectivity index (χ1v) is 6.59. The Morgan fingerprint density at radius 3 is 2.50 bits per heavy atom. The number of nitrogens with zero attached hydrogens (tertiary/aromatic N) is 3. The molecule has 0 N–H and O–H groups in total. The van der Waals surface area contributed by atoms with Gasteiger partial charge in [-0.15, -0.1) is 0 Å². The summed E-state index contributed by atoms with van der Waals surface area (Å²) in [6, 6.07) is 1.53. The molecule has 2 heterocycles. The molecule has 1 fully saturated rings. The van der Waals surface area contributed by atoms with Gasteiger partial charge in [-0.2, -0.15) is 0 Å². The molecule has 1 aliphatic rings. The molecule has 18 heavy (non-hydrogen) atoms. The standard InChI is InChI=1S/C13H21N3O2/c1-11-10-12(17)14(2)13(18)16(11)9-5-8-15-6-3-4-7-15/h10H,3-9H2,1-2H3. The zero-order valence-electron chi connectivity index (χ0n) is 11.2. The molecule has 0 spiro atoms. The van der Waals surface area contributed by atoms with Crippen LogP contribution in [-0.4, -0.2) is 33.7 Å². The van der Waals surface area contributed by atoms with E-state index in [2.05, 4.69) is 4.90 Å². The lowest BCUT2D eigenvalue weighted by Crippen LogP contribution is -2.39. The minimum absolute atomic E-state index is 0.207. The van der Waals surface area contributed by atoms with E-state index in [9.17, 15) is 9.59 Å². The maximum absolute atomic E-state index is 11.9. The smallest absolute Gasteiger partial charge is 0.303 e. The van der Waals surface area contributed by atoms with E-state index in [1.807, 2.05) is 6.92 Å². The summed E-state index contributed by atoms with van der Waals surface area (Å²) in [5.74, 6) is 0. The number of rotatable bonds is 4. The van der Waals surface area contributed by atoms with E-state index >= 15 is 0 Å². The lowest BCUT2D eigenvalue weighted by molar-refractivity contribution is 0.322.